The van der Waals surface area contributed by atoms with Crippen LogP contribution in [-0.2, 0) is 17.8 Å². The van der Waals surface area contributed by atoms with Crippen LogP contribution < -0.4 is 0 Å². The first-order valence-electron chi connectivity index (χ1n) is 6.60. The van der Waals surface area contributed by atoms with Crippen molar-refractivity contribution in [2.75, 3.05) is 0 Å². The number of carboxylic acid groups (broad SMARTS) is 1. The van der Waals surface area contributed by atoms with Crippen LogP contribution in [0.15, 0.2) is 48.6 Å². The summed E-state index contributed by atoms with van der Waals surface area (Å²) >= 11 is 0. The summed E-state index contributed by atoms with van der Waals surface area (Å²) in [5.41, 5.74) is 4.29. The second kappa shape index (κ2) is 5.78. The topological polar surface area (TPSA) is 42.2 Å². The first kappa shape index (κ1) is 14.1. The lowest BCUT2D eigenvalue weighted by Crippen LogP contribution is -2.02. The molecule has 1 aromatic carbocycles. The fourth-order valence-corrected chi connectivity index (χ4v) is 2.51. The van der Waals surface area contributed by atoms with E-state index in [9.17, 15) is 4.79 Å². The lowest BCUT2D eigenvalue weighted by atomic mass is 10.1. The standard InChI is InChI=1S/C17H19NO2/c1-4-6-12(2)11-18-13(3)9-15-14(10-17(19)20)7-5-8-16(15)18/h4-9H,1,10-11H2,2-3H3,(H,19,20)/b12-6+. The fraction of sp³-hybridized carbons (Fsp3) is 0.235. The van der Waals surface area contributed by atoms with E-state index < -0.39 is 5.97 Å². The molecule has 0 atom stereocenters. The lowest BCUT2D eigenvalue weighted by molar-refractivity contribution is -0.136. The molecule has 2 rings (SSSR count). The van der Waals surface area contributed by atoms with Gasteiger partial charge >= 0.3 is 5.97 Å². The third kappa shape index (κ3) is 2.82. The smallest absolute Gasteiger partial charge is 0.307 e. The highest BCUT2D eigenvalue weighted by Crippen LogP contribution is 2.24. The van der Waals surface area contributed by atoms with Crippen molar-refractivity contribution >= 4 is 16.9 Å². The van der Waals surface area contributed by atoms with Gasteiger partial charge in [0.15, 0.2) is 0 Å². The van der Waals surface area contributed by atoms with E-state index in [4.69, 9.17) is 5.11 Å². The molecule has 1 heterocycles. The Labute approximate surface area is 118 Å². The maximum atomic E-state index is 10.9. The fourth-order valence-electron chi connectivity index (χ4n) is 2.51. The molecule has 0 unspecified atom stereocenters. The van der Waals surface area contributed by atoms with Crippen molar-refractivity contribution in [1.82, 2.24) is 4.57 Å². The molecule has 0 spiro atoms. The maximum absolute atomic E-state index is 10.9. The average molecular weight is 269 g/mol. The van der Waals surface area contributed by atoms with Gasteiger partial charge in [-0.1, -0.05) is 36.4 Å². The number of carbonyl (C=O) groups is 1. The molecule has 1 N–H and O–H groups in total. The van der Waals surface area contributed by atoms with E-state index in [1.807, 2.05) is 31.2 Å². The van der Waals surface area contributed by atoms with Gasteiger partial charge in [0, 0.05) is 23.1 Å². The van der Waals surface area contributed by atoms with E-state index in [0.29, 0.717) is 0 Å². The van der Waals surface area contributed by atoms with E-state index in [2.05, 4.69) is 24.1 Å². The van der Waals surface area contributed by atoms with Crippen molar-refractivity contribution in [1.29, 1.82) is 0 Å². The van der Waals surface area contributed by atoms with Crippen molar-refractivity contribution in [2.45, 2.75) is 26.8 Å². The molecule has 0 aliphatic carbocycles. The van der Waals surface area contributed by atoms with Crippen LogP contribution in [0.4, 0.5) is 0 Å². The van der Waals surface area contributed by atoms with Gasteiger partial charge in [0.2, 0.25) is 0 Å². The Balaban J connectivity index is 2.51. The minimum atomic E-state index is -0.800. The van der Waals surface area contributed by atoms with Crippen LogP contribution in [0.25, 0.3) is 10.9 Å². The summed E-state index contributed by atoms with van der Waals surface area (Å²) in [6.45, 7) is 8.61. The molecule has 104 valence electrons. The molecule has 0 saturated carbocycles. The van der Waals surface area contributed by atoms with Gasteiger partial charge in [-0.2, -0.15) is 0 Å². The number of allylic oxidation sites excluding steroid dienone is 3. The molecule has 0 saturated heterocycles. The van der Waals surface area contributed by atoms with Crippen molar-refractivity contribution in [3.05, 3.63) is 59.8 Å². The predicted molar refractivity (Wildman–Crippen MR) is 82.0 cm³/mol. The molecule has 0 aliphatic heterocycles. The van der Waals surface area contributed by atoms with Crippen LogP contribution in [0.5, 0.6) is 0 Å². The number of aromatic nitrogens is 1. The van der Waals surface area contributed by atoms with Crippen LogP contribution in [0.1, 0.15) is 18.2 Å². The maximum Gasteiger partial charge on any atom is 0.307 e. The molecule has 3 nitrogen and oxygen atoms in total. The Hall–Kier alpha value is -2.29. The second-order valence-electron chi connectivity index (χ2n) is 5.04. The third-order valence-corrected chi connectivity index (χ3v) is 3.39. The van der Waals surface area contributed by atoms with Gasteiger partial charge in [0.05, 0.1) is 6.42 Å². The Kier molecular flexibility index (Phi) is 4.08. The van der Waals surface area contributed by atoms with Crippen molar-refractivity contribution < 1.29 is 9.90 Å². The minimum absolute atomic E-state index is 0.0578. The molecule has 0 bridgehead atoms. The first-order chi connectivity index (χ1) is 9.52. The summed E-state index contributed by atoms with van der Waals surface area (Å²) in [5, 5.41) is 10.0. The molecule has 0 radical (unpaired) electrons. The number of rotatable bonds is 5. The molecule has 1 aromatic heterocycles. The van der Waals surface area contributed by atoms with Gasteiger partial charge in [-0.3, -0.25) is 4.79 Å². The molecule has 0 fully saturated rings. The minimum Gasteiger partial charge on any atom is -0.481 e. The first-order valence-corrected chi connectivity index (χ1v) is 6.60. The average Bonchev–Trinajstić information content (AvgIpc) is 2.67. The Bertz CT molecular complexity index is 692. The van der Waals surface area contributed by atoms with Crippen molar-refractivity contribution in [2.24, 2.45) is 0 Å². The van der Waals surface area contributed by atoms with Gasteiger partial charge in [0.1, 0.15) is 0 Å². The zero-order chi connectivity index (χ0) is 14.7. The van der Waals surface area contributed by atoms with Gasteiger partial charge in [-0.05, 0) is 31.5 Å². The van der Waals surface area contributed by atoms with Crippen LogP contribution in [0.2, 0.25) is 0 Å². The zero-order valence-corrected chi connectivity index (χ0v) is 11.9. The number of benzene rings is 1. The van der Waals surface area contributed by atoms with E-state index >= 15 is 0 Å². The third-order valence-electron chi connectivity index (χ3n) is 3.39. The zero-order valence-electron chi connectivity index (χ0n) is 11.9. The molecule has 20 heavy (non-hydrogen) atoms. The van der Waals surface area contributed by atoms with E-state index in [1.165, 1.54) is 5.57 Å². The number of carboxylic acids is 1. The summed E-state index contributed by atoms with van der Waals surface area (Å²) in [5.74, 6) is -0.800. The summed E-state index contributed by atoms with van der Waals surface area (Å²) in [4.78, 5) is 10.9. The number of hydrogen-bond acceptors (Lipinski definition) is 1. The number of aryl methyl sites for hydroxylation is 1. The summed E-state index contributed by atoms with van der Waals surface area (Å²) in [6, 6.07) is 7.90. The van der Waals surface area contributed by atoms with Gasteiger partial charge in [0.25, 0.3) is 0 Å². The SMILES string of the molecule is C=C/C=C(\C)Cn1c(C)cc2c(CC(=O)O)cccc21. The van der Waals surface area contributed by atoms with Gasteiger partial charge < -0.3 is 9.67 Å². The highest BCUT2D eigenvalue weighted by Gasteiger charge is 2.11. The monoisotopic (exact) mass is 269 g/mol. The van der Waals surface area contributed by atoms with Crippen LogP contribution in [0.3, 0.4) is 0 Å². The highest BCUT2D eigenvalue weighted by atomic mass is 16.4. The molecule has 0 amide bonds. The Morgan fingerprint density at radius 1 is 1.45 bits per heavy atom. The van der Waals surface area contributed by atoms with E-state index in [1.54, 1.807) is 6.08 Å². The number of nitrogens with zero attached hydrogens (tertiary/aromatic N) is 1. The number of aliphatic carboxylic acids is 1. The van der Waals surface area contributed by atoms with Crippen molar-refractivity contribution in [3.8, 4) is 0 Å². The summed E-state index contributed by atoms with van der Waals surface area (Å²) in [6.07, 6.45) is 3.83. The van der Waals surface area contributed by atoms with E-state index in [-0.39, 0.29) is 6.42 Å². The van der Waals surface area contributed by atoms with Crippen LogP contribution >= 0.6 is 0 Å². The molecule has 3 heteroatoms. The van der Waals surface area contributed by atoms with Gasteiger partial charge in [-0.15, -0.1) is 0 Å². The predicted octanol–water partition coefficient (Wildman–Crippen LogP) is 3.71. The molecule has 0 aliphatic rings. The largest absolute Gasteiger partial charge is 0.481 e. The quantitative estimate of drug-likeness (QED) is 0.841. The summed E-state index contributed by atoms with van der Waals surface area (Å²) < 4.78 is 2.20. The lowest BCUT2D eigenvalue weighted by Gasteiger charge is -2.09. The number of hydrogen-bond donors (Lipinski definition) is 1. The molecular formula is C17H19NO2. The Morgan fingerprint density at radius 2 is 2.20 bits per heavy atom. The van der Waals surface area contributed by atoms with Gasteiger partial charge in [-0.25, -0.2) is 0 Å². The highest BCUT2D eigenvalue weighted by molar-refractivity contribution is 5.88. The summed E-state index contributed by atoms with van der Waals surface area (Å²) in [7, 11) is 0. The van der Waals surface area contributed by atoms with E-state index in [0.717, 1.165) is 28.7 Å². The second-order valence-corrected chi connectivity index (χ2v) is 5.04. The number of fused-ring (bicyclic) bond motifs is 1. The molecule has 2 aromatic rings. The van der Waals surface area contributed by atoms with Crippen LogP contribution in [-0.4, -0.2) is 15.6 Å². The normalized spacial score (nSPS) is 11.8. The Morgan fingerprint density at radius 3 is 2.85 bits per heavy atom. The molecular weight excluding hydrogens is 250 g/mol. The van der Waals surface area contributed by atoms with Crippen molar-refractivity contribution in [3.63, 3.8) is 0 Å². The van der Waals surface area contributed by atoms with Crippen LogP contribution in [0, 0.1) is 6.92 Å².